The molecule has 1 aromatic carbocycles. The first-order valence-electron chi connectivity index (χ1n) is 7.59. The number of aryl methyl sites for hydroxylation is 1. The Labute approximate surface area is 152 Å². The van der Waals surface area contributed by atoms with Crippen molar-refractivity contribution in [1.82, 2.24) is 10.1 Å². The number of aromatic nitrogens is 2. The van der Waals surface area contributed by atoms with Gasteiger partial charge in [0.15, 0.2) is 0 Å². The summed E-state index contributed by atoms with van der Waals surface area (Å²) in [4.78, 5) is 27.1. The zero-order valence-corrected chi connectivity index (χ0v) is 14.5. The smallest absolute Gasteiger partial charge is 0.271 e. The lowest BCUT2D eigenvalue weighted by molar-refractivity contribution is -0.384. The van der Waals surface area contributed by atoms with E-state index >= 15 is 0 Å². The van der Waals surface area contributed by atoms with Gasteiger partial charge in [-0.3, -0.25) is 14.9 Å². The fourth-order valence-corrected chi connectivity index (χ4v) is 3.07. The van der Waals surface area contributed by atoms with E-state index in [1.807, 2.05) is 6.07 Å². The third-order valence-corrected chi connectivity index (χ3v) is 4.40. The zero-order valence-electron chi connectivity index (χ0n) is 13.7. The maximum atomic E-state index is 12.6. The van der Waals surface area contributed by atoms with Crippen molar-refractivity contribution in [2.75, 3.05) is 5.32 Å². The Morgan fingerprint density at radius 3 is 2.88 bits per heavy atom. The molecule has 9 heteroatoms. The van der Waals surface area contributed by atoms with Crippen molar-refractivity contribution in [3.63, 3.8) is 0 Å². The lowest BCUT2D eigenvalue weighted by atomic mass is 10.2. The summed E-state index contributed by atoms with van der Waals surface area (Å²) in [5.74, 6) is 0.827. The Balaban J connectivity index is 1.75. The van der Waals surface area contributed by atoms with Crippen LogP contribution in [-0.2, 0) is 5.75 Å². The van der Waals surface area contributed by atoms with Gasteiger partial charge in [-0.1, -0.05) is 23.0 Å². The fraction of sp³-hybridized carbons (Fsp3) is 0.118. The van der Waals surface area contributed by atoms with Crippen LogP contribution in [0.15, 0.2) is 58.2 Å². The Morgan fingerprint density at radius 1 is 1.31 bits per heavy atom. The molecule has 0 aliphatic carbocycles. The molecular formula is C17H14N4O4S. The van der Waals surface area contributed by atoms with Gasteiger partial charge in [0.2, 0.25) is 0 Å². The predicted molar refractivity (Wildman–Crippen MR) is 96.1 cm³/mol. The quantitative estimate of drug-likeness (QED) is 0.399. The molecule has 1 N–H and O–H groups in total. The van der Waals surface area contributed by atoms with Crippen LogP contribution in [0.1, 0.15) is 21.8 Å². The van der Waals surface area contributed by atoms with E-state index in [4.69, 9.17) is 4.52 Å². The third kappa shape index (κ3) is 4.25. The van der Waals surface area contributed by atoms with Gasteiger partial charge in [-0.15, -0.1) is 0 Å². The van der Waals surface area contributed by atoms with E-state index in [9.17, 15) is 14.9 Å². The second kappa shape index (κ2) is 7.79. The van der Waals surface area contributed by atoms with E-state index in [0.29, 0.717) is 27.8 Å². The third-order valence-electron chi connectivity index (χ3n) is 3.36. The van der Waals surface area contributed by atoms with Crippen molar-refractivity contribution in [3.8, 4) is 0 Å². The van der Waals surface area contributed by atoms with Crippen molar-refractivity contribution in [1.29, 1.82) is 0 Å². The van der Waals surface area contributed by atoms with Crippen molar-refractivity contribution in [2.45, 2.75) is 17.7 Å². The van der Waals surface area contributed by atoms with Gasteiger partial charge in [0.05, 0.1) is 16.2 Å². The van der Waals surface area contributed by atoms with E-state index in [-0.39, 0.29) is 5.69 Å². The number of hydrogen-bond acceptors (Lipinski definition) is 7. The molecular weight excluding hydrogens is 356 g/mol. The number of amides is 1. The molecule has 0 unspecified atom stereocenters. The van der Waals surface area contributed by atoms with Crippen LogP contribution in [0.3, 0.4) is 0 Å². The second-order valence-corrected chi connectivity index (χ2v) is 6.30. The Bertz CT molecular complexity index is 957. The van der Waals surface area contributed by atoms with Crippen molar-refractivity contribution >= 4 is 29.0 Å². The Hall–Kier alpha value is -3.20. The molecule has 132 valence electrons. The summed E-state index contributed by atoms with van der Waals surface area (Å²) < 4.78 is 5.02. The molecule has 0 radical (unpaired) electrons. The SMILES string of the molecule is Cc1cc(CSc2ncccc2C(=O)Nc2cccc([N+](=O)[O-])c2)no1. The molecule has 0 bridgehead atoms. The van der Waals surface area contributed by atoms with Gasteiger partial charge in [-0.2, -0.15) is 0 Å². The largest absolute Gasteiger partial charge is 0.361 e. The Morgan fingerprint density at radius 2 is 2.15 bits per heavy atom. The van der Waals surface area contributed by atoms with Crippen molar-refractivity contribution < 1.29 is 14.2 Å². The van der Waals surface area contributed by atoms with Crippen LogP contribution in [-0.4, -0.2) is 21.0 Å². The van der Waals surface area contributed by atoms with Crippen LogP contribution in [0.25, 0.3) is 0 Å². The Kier molecular flexibility index (Phi) is 5.28. The summed E-state index contributed by atoms with van der Waals surface area (Å²) >= 11 is 1.36. The highest BCUT2D eigenvalue weighted by atomic mass is 32.2. The minimum Gasteiger partial charge on any atom is -0.361 e. The molecule has 0 saturated carbocycles. The first-order valence-corrected chi connectivity index (χ1v) is 8.57. The van der Waals surface area contributed by atoms with Crippen LogP contribution < -0.4 is 5.32 Å². The number of benzene rings is 1. The van der Waals surface area contributed by atoms with Crippen LogP contribution in [0.4, 0.5) is 11.4 Å². The van der Waals surface area contributed by atoms with E-state index in [2.05, 4.69) is 15.5 Å². The molecule has 0 spiro atoms. The number of non-ortho nitro benzene ring substituents is 1. The van der Waals surface area contributed by atoms with E-state index < -0.39 is 10.8 Å². The van der Waals surface area contributed by atoms with Crippen LogP contribution in [0.5, 0.6) is 0 Å². The van der Waals surface area contributed by atoms with Gasteiger partial charge in [0.25, 0.3) is 11.6 Å². The van der Waals surface area contributed by atoms with E-state index in [1.54, 1.807) is 31.3 Å². The maximum Gasteiger partial charge on any atom is 0.271 e. The molecule has 0 saturated heterocycles. The molecule has 3 rings (SSSR count). The van der Waals surface area contributed by atoms with Gasteiger partial charge < -0.3 is 9.84 Å². The monoisotopic (exact) mass is 370 g/mol. The minimum atomic E-state index is -0.513. The molecule has 0 aliphatic heterocycles. The number of hydrogen-bond donors (Lipinski definition) is 1. The van der Waals surface area contributed by atoms with Crippen LogP contribution in [0, 0.1) is 17.0 Å². The molecule has 0 aliphatic rings. The molecule has 8 nitrogen and oxygen atoms in total. The lowest BCUT2D eigenvalue weighted by Gasteiger charge is -2.08. The van der Waals surface area contributed by atoms with E-state index in [0.717, 1.165) is 5.69 Å². The number of nitro benzene ring substituents is 1. The average Bonchev–Trinajstić information content (AvgIpc) is 3.05. The summed E-state index contributed by atoms with van der Waals surface area (Å²) in [6.45, 7) is 1.81. The number of anilines is 1. The number of nitrogens with zero attached hydrogens (tertiary/aromatic N) is 3. The summed E-state index contributed by atoms with van der Waals surface area (Å²) in [5, 5.41) is 18.0. The predicted octanol–water partition coefficient (Wildman–Crippen LogP) is 3.83. The minimum absolute atomic E-state index is 0.0926. The van der Waals surface area contributed by atoms with Gasteiger partial charge in [0, 0.05) is 35.8 Å². The molecule has 2 aromatic heterocycles. The number of rotatable bonds is 6. The molecule has 2 heterocycles. The lowest BCUT2D eigenvalue weighted by Crippen LogP contribution is -2.13. The average molecular weight is 370 g/mol. The molecule has 3 aromatic rings. The van der Waals surface area contributed by atoms with Crippen molar-refractivity contribution in [3.05, 3.63) is 75.8 Å². The van der Waals surface area contributed by atoms with Gasteiger partial charge >= 0.3 is 0 Å². The topological polar surface area (TPSA) is 111 Å². The molecule has 0 fully saturated rings. The number of pyridine rings is 1. The summed E-state index contributed by atoms with van der Waals surface area (Å²) in [6, 6.07) is 10.9. The number of nitro groups is 1. The first-order chi connectivity index (χ1) is 12.5. The normalized spacial score (nSPS) is 10.5. The number of carbonyl (C=O) groups is 1. The van der Waals surface area contributed by atoms with E-state index in [1.165, 1.54) is 30.0 Å². The standard InChI is InChI=1S/C17H14N4O4S/c1-11-8-13(20-25-11)10-26-17-15(6-3-7-18-17)16(22)19-12-4-2-5-14(9-12)21(23)24/h2-9H,10H2,1H3,(H,19,22). The summed E-state index contributed by atoms with van der Waals surface area (Å²) in [7, 11) is 0. The van der Waals surface area contributed by atoms with Gasteiger partial charge in [-0.25, -0.2) is 4.98 Å². The van der Waals surface area contributed by atoms with Crippen LogP contribution >= 0.6 is 11.8 Å². The first kappa shape index (κ1) is 17.6. The molecule has 26 heavy (non-hydrogen) atoms. The van der Waals surface area contributed by atoms with Gasteiger partial charge in [0.1, 0.15) is 10.8 Å². The highest BCUT2D eigenvalue weighted by Crippen LogP contribution is 2.25. The van der Waals surface area contributed by atoms with Crippen molar-refractivity contribution in [2.24, 2.45) is 0 Å². The van der Waals surface area contributed by atoms with Crippen LogP contribution in [0.2, 0.25) is 0 Å². The number of thioether (sulfide) groups is 1. The zero-order chi connectivity index (χ0) is 18.5. The highest BCUT2D eigenvalue weighted by Gasteiger charge is 2.15. The van der Waals surface area contributed by atoms with Gasteiger partial charge in [-0.05, 0) is 25.1 Å². The number of carbonyl (C=O) groups excluding carboxylic acids is 1. The molecule has 1 amide bonds. The summed E-state index contributed by atoms with van der Waals surface area (Å²) in [5.41, 5.74) is 1.38. The number of nitrogens with one attached hydrogen (secondary N) is 1. The molecule has 0 atom stereocenters. The maximum absolute atomic E-state index is 12.6. The fourth-order valence-electron chi connectivity index (χ4n) is 2.20. The summed E-state index contributed by atoms with van der Waals surface area (Å²) in [6.07, 6.45) is 1.60. The second-order valence-electron chi connectivity index (χ2n) is 5.34. The highest BCUT2D eigenvalue weighted by molar-refractivity contribution is 7.98.